The normalized spacial score (nSPS) is 10.7. The van der Waals surface area contributed by atoms with E-state index < -0.39 is 0 Å². The second-order valence-corrected chi connectivity index (χ2v) is 4.85. The number of hydrogen-bond acceptors (Lipinski definition) is 4. The highest BCUT2D eigenvalue weighted by molar-refractivity contribution is 9.10. The van der Waals surface area contributed by atoms with Gasteiger partial charge >= 0.3 is 0 Å². The third-order valence-electron chi connectivity index (χ3n) is 2.41. The molecule has 0 radical (unpaired) electrons. The lowest BCUT2D eigenvalue weighted by Gasteiger charge is -2.04. The van der Waals surface area contributed by atoms with Gasteiger partial charge in [-0.25, -0.2) is 5.43 Å². The van der Waals surface area contributed by atoms with E-state index in [2.05, 4.69) is 36.8 Å². The standard InChI is InChI=1S/C14H13BrN4O/c15-12-1-3-13(4-2-12)17-10-14(20)19-18-9-11-5-7-16-8-6-11/h1-8,10,18H,9H2,(H,19,20). The molecule has 0 bridgehead atoms. The van der Waals surface area contributed by atoms with Crippen molar-refractivity contribution in [2.45, 2.75) is 6.54 Å². The number of hydrazine groups is 1. The van der Waals surface area contributed by atoms with Crippen LogP contribution in [0.2, 0.25) is 0 Å². The van der Waals surface area contributed by atoms with E-state index in [9.17, 15) is 4.79 Å². The summed E-state index contributed by atoms with van der Waals surface area (Å²) in [6.07, 6.45) is 4.64. The molecule has 0 fully saturated rings. The summed E-state index contributed by atoms with van der Waals surface area (Å²) >= 11 is 3.34. The van der Waals surface area contributed by atoms with Gasteiger partial charge in [-0.15, -0.1) is 0 Å². The Kier molecular flexibility index (Phi) is 5.40. The van der Waals surface area contributed by atoms with E-state index in [1.165, 1.54) is 6.21 Å². The average molecular weight is 333 g/mol. The summed E-state index contributed by atoms with van der Waals surface area (Å²) < 4.78 is 0.972. The van der Waals surface area contributed by atoms with Gasteiger partial charge in [0, 0.05) is 23.4 Å². The molecule has 0 aliphatic heterocycles. The smallest absolute Gasteiger partial charge is 0.276 e. The predicted octanol–water partition coefficient (Wildman–Crippen LogP) is 2.37. The number of aromatic nitrogens is 1. The zero-order valence-corrected chi connectivity index (χ0v) is 12.2. The molecule has 20 heavy (non-hydrogen) atoms. The molecule has 1 amide bonds. The minimum Gasteiger partial charge on any atom is -0.286 e. The first-order chi connectivity index (χ1) is 9.74. The topological polar surface area (TPSA) is 66.4 Å². The molecule has 102 valence electrons. The van der Waals surface area contributed by atoms with Gasteiger partial charge in [0.25, 0.3) is 5.91 Å². The van der Waals surface area contributed by atoms with Crippen molar-refractivity contribution in [3.63, 3.8) is 0 Å². The number of rotatable bonds is 5. The Balaban J connectivity index is 1.76. The second-order valence-electron chi connectivity index (χ2n) is 3.93. The maximum atomic E-state index is 11.5. The highest BCUT2D eigenvalue weighted by atomic mass is 79.9. The minimum atomic E-state index is -0.304. The van der Waals surface area contributed by atoms with Crippen molar-refractivity contribution < 1.29 is 4.79 Å². The Morgan fingerprint density at radius 1 is 1.20 bits per heavy atom. The molecule has 0 atom stereocenters. The zero-order valence-electron chi connectivity index (χ0n) is 10.6. The molecular formula is C14H13BrN4O. The van der Waals surface area contributed by atoms with Crippen LogP contribution in [0.5, 0.6) is 0 Å². The lowest BCUT2D eigenvalue weighted by atomic mass is 10.3. The van der Waals surface area contributed by atoms with Gasteiger partial charge in [-0.1, -0.05) is 15.9 Å². The molecule has 0 saturated carbocycles. The molecule has 0 saturated heterocycles. The molecule has 0 aliphatic carbocycles. The maximum absolute atomic E-state index is 11.5. The van der Waals surface area contributed by atoms with Crippen LogP contribution >= 0.6 is 15.9 Å². The molecule has 0 unspecified atom stereocenters. The number of halogens is 1. The second kappa shape index (κ2) is 7.52. The van der Waals surface area contributed by atoms with Crippen LogP contribution in [0.25, 0.3) is 0 Å². The van der Waals surface area contributed by atoms with E-state index in [1.54, 1.807) is 12.4 Å². The van der Waals surface area contributed by atoms with Crippen LogP contribution in [0.15, 0.2) is 58.3 Å². The summed E-state index contributed by atoms with van der Waals surface area (Å²) in [6.45, 7) is 0.528. The van der Waals surface area contributed by atoms with Crippen LogP contribution in [0.4, 0.5) is 5.69 Å². The van der Waals surface area contributed by atoms with Crippen LogP contribution in [-0.2, 0) is 11.3 Å². The molecule has 2 rings (SSSR count). The molecule has 2 N–H and O–H groups in total. The third kappa shape index (κ3) is 4.91. The number of carbonyl (C=O) groups is 1. The zero-order chi connectivity index (χ0) is 14.2. The number of pyridine rings is 1. The van der Waals surface area contributed by atoms with Gasteiger partial charge < -0.3 is 0 Å². The highest BCUT2D eigenvalue weighted by Gasteiger charge is 1.96. The summed E-state index contributed by atoms with van der Waals surface area (Å²) in [5.41, 5.74) is 7.12. The fourth-order valence-corrected chi connectivity index (χ4v) is 1.69. The first-order valence-corrected chi connectivity index (χ1v) is 6.75. The summed E-state index contributed by atoms with van der Waals surface area (Å²) in [5, 5.41) is 0. The van der Waals surface area contributed by atoms with Gasteiger partial charge in [-0.05, 0) is 42.0 Å². The number of nitrogens with one attached hydrogen (secondary N) is 2. The largest absolute Gasteiger partial charge is 0.286 e. The average Bonchev–Trinajstić information content (AvgIpc) is 2.48. The van der Waals surface area contributed by atoms with Crippen LogP contribution in [0.1, 0.15) is 5.56 Å². The Morgan fingerprint density at radius 2 is 1.90 bits per heavy atom. The molecular weight excluding hydrogens is 320 g/mol. The molecule has 1 aromatic heterocycles. The third-order valence-corrected chi connectivity index (χ3v) is 2.94. The fraction of sp³-hybridized carbons (Fsp3) is 0.0714. The first-order valence-electron chi connectivity index (χ1n) is 5.95. The molecule has 1 aromatic carbocycles. The number of hydrogen-bond donors (Lipinski definition) is 2. The van der Waals surface area contributed by atoms with Crippen LogP contribution in [0, 0.1) is 0 Å². The number of amides is 1. The van der Waals surface area contributed by atoms with Gasteiger partial charge in [-0.3, -0.25) is 20.2 Å². The van der Waals surface area contributed by atoms with Crippen LogP contribution in [0.3, 0.4) is 0 Å². The Labute approximate surface area is 125 Å². The SMILES string of the molecule is O=C(C=Nc1ccc(Br)cc1)NNCc1ccncc1. The summed E-state index contributed by atoms with van der Waals surface area (Å²) in [6, 6.07) is 11.1. The van der Waals surface area contributed by atoms with Crippen molar-refractivity contribution >= 4 is 33.7 Å². The van der Waals surface area contributed by atoms with Crippen molar-refractivity contribution in [1.82, 2.24) is 15.8 Å². The molecule has 5 nitrogen and oxygen atoms in total. The molecule has 2 aromatic rings. The minimum absolute atomic E-state index is 0.304. The predicted molar refractivity (Wildman–Crippen MR) is 81.5 cm³/mol. The Morgan fingerprint density at radius 3 is 2.60 bits per heavy atom. The van der Waals surface area contributed by atoms with Crippen molar-refractivity contribution in [2.24, 2.45) is 4.99 Å². The summed E-state index contributed by atoms with van der Waals surface area (Å²) in [5.74, 6) is -0.304. The number of nitrogens with zero attached hydrogens (tertiary/aromatic N) is 2. The van der Waals surface area contributed by atoms with Crippen molar-refractivity contribution in [2.75, 3.05) is 0 Å². The molecule has 0 spiro atoms. The van der Waals surface area contributed by atoms with E-state index in [0.717, 1.165) is 15.7 Å². The molecule has 0 aliphatic rings. The molecule has 6 heteroatoms. The van der Waals surface area contributed by atoms with Crippen LogP contribution in [-0.4, -0.2) is 17.1 Å². The fourth-order valence-electron chi connectivity index (χ4n) is 1.43. The summed E-state index contributed by atoms with van der Waals surface area (Å²) in [4.78, 5) is 19.5. The van der Waals surface area contributed by atoms with E-state index >= 15 is 0 Å². The lowest BCUT2D eigenvalue weighted by Crippen LogP contribution is -2.37. The van der Waals surface area contributed by atoms with Gasteiger partial charge in [0.2, 0.25) is 0 Å². The van der Waals surface area contributed by atoms with Crippen molar-refractivity contribution in [3.05, 3.63) is 58.8 Å². The van der Waals surface area contributed by atoms with Crippen molar-refractivity contribution in [1.29, 1.82) is 0 Å². The van der Waals surface area contributed by atoms with Gasteiger partial charge in [0.1, 0.15) is 0 Å². The van der Waals surface area contributed by atoms with Gasteiger partial charge in [0.15, 0.2) is 0 Å². The quantitative estimate of drug-likeness (QED) is 0.652. The molecule has 1 heterocycles. The Bertz CT molecular complexity index is 584. The number of benzene rings is 1. The maximum Gasteiger partial charge on any atom is 0.276 e. The van der Waals surface area contributed by atoms with Gasteiger partial charge in [-0.2, -0.15) is 0 Å². The summed E-state index contributed by atoms with van der Waals surface area (Å²) in [7, 11) is 0. The number of carbonyl (C=O) groups excluding carboxylic acids is 1. The van der Waals surface area contributed by atoms with E-state index in [4.69, 9.17) is 0 Å². The highest BCUT2D eigenvalue weighted by Crippen LogP contribution is 2.15. The first kappa shape index (κ1) is 14.4. The Hall–Kier alpha value is -2.05. The lowest BCUT2D eigenvalue weighted by molar-refractivity contribution is -0.115. The number of aliphatic imine (C=N–C) groups is 1. The monoisotopic (exact) mass is 332 g/mol. The van der Waals surface area contributed by atoms with Gasteiger partial charge in [0.05, 0.1) is 11.9 Å². The van der Waals surface area contributed by atoms with E-state index in [-0.39, 0.29) is 5.91 Å². The van der Waals surface area contributed by atoms with Crippen molar-refractivity contribution in [3.8, 4) is 0 Å². The van der Waals surface area contributed by atoms with Crippen LogP contribution < -0.4 is 10.9 Å². The van der Waals surface area contributed by atoms with E-state index in [0.29, 0.717) is 6.54 Å². The van der Waals surface area contributed by atoms with E-state index in [1.807, 2.05) is 36.4 Å².